The Hall–Kier alpha value is -1.00. The van der Waals surface area contributed by atoms with Gasteiger partial charge in [-0.1, -0.05) is 11.6 Å². The lowest BCUT2D eigenvalue weighted by Gasteiger charge is -2.22. The van der Waals surface area contributed by atoms with Crippen LogP contribution in [0.2, 0.25) is 0 Å². The summed E-state index contributed by atoms with van der Waals surface area (Å²) in [6, 6.07) is 0. The van der Waals surface area contributed by atoms with Gasteiger partial charge in [0.1, 0.15) is 0 Å². The van der Waals surface area contributed by atoms with E-state index in [1.165, 1.54) is 6.08 Å². The average molecular weight is 250 g/mol. The van der Waals surface area contributed by atoms with Crippen LogP contribution in [0.3, 0.4) is 0 Å². The Morgan fingerprint density at radius 3 is 2.47 bits per heavy atom. The molecule has 0 N–H and O–H groups in total. The molecule has 0 saturated heterocycles. The second-order valence-corrected chi connectivity index (χ2v) is 4.21. The highest BCUT2D eigenvalue weighted by Gasteiger charge is 2.27. The van der Waals surface area contributed by atoms with E-state index < -0.39 is 12.6 Å². The zero-order valence-electron chi connectivity index (χ0n) is 9.85. The molecule has 0 aromatic rings. The molecule has 0 aliphatic heterocycles. The molecule has 0 atom stereocenters. The number of carbonyl (C=O) groups excluding carboxylic acids is 1. The van der Waals surface area contributed by atoms with Gasteiger partial charge in [0.15, 0.2) is 0 Å². The van der Waals surface area contributed by atoms with Crippen LogP contribution in [0.15, 0.2) is 11.6 Å². The third kappa shape index (κ3) is 5.24. The van der Waals surface area contributed by atoms with Crippen LogP contribution in [0.5, 0.6) is 0 Å². The van der Waals surface area contributed by atoms with E-state index >= 15 is 0 Å². The van der Waals surface area contributed by atoms with Gasteiger partial charge in [0.25, 0.3) is 0 Å². The zero-order valence-corrected chi connectivity index (χ0v) is 9.85. The van der Waals surface area contributed by atoms with Crippen LogP contribution in [0.4, 0.5) is 13.2 Å². The summed E-state index contributed by atoms with van der Waals surface area (Å²) in [7, 11) is 0. The van der Waals surface area contributed by atoms with Crippen molar-refractivity contribution in [3.05, 3.63) is 11.6 Å². The zero-order chi connectivity index (χ0) is 12.9. The summed E-state index contributed by atoms with van der Waals surface area (Å²) in [5, 5.41) is 0. The van der Waals surface area contributed by atoms with E-state index in [-0.39, 0.29) is 11.9 Å². The first-order valence-electron chi connectivity index (χ1n) is 5.83. The SMILES string of the molecule is CCOC(=O)C1CCC(=CCC(F)(F)F)CC1. The van der Waals surface area contributed by atoms with Gasteiger partial charge >= 0.3 is 12.1 Å². The van der Waals surface area contributed by atoms with Gasteiger partial charge in [-0.3, -0.25) is 4.79 Å². The second kappa shape index (κ2) is 6.07. The third-order valence-electron chi connectivity index (χ3n) is 2.87. The van der Waals surface area contributed by atoms with Gasteiger partial charge in [0, 0.05) is 0 Å². The van der Waals surface area contributed by atoms with Crippen LogP contribution in [-0.4, -0.2) is 18.8 Å². The molecule has 1 rings (SSSR count). The summed E-state index contributed by atoms with van der Waals surface area (Å²) >= 11 is 0. The molecule has 5 heteroatoms. The molecular weight excluding hydrogens is 233 g/mol. The van der Waals surface area contributed by atoms with E-state index in [2.05, 4.69) is 0 Å². The molecular formula is C12H17F3O2. The van der Waals surface area contributed by atoms with Crippen molar-refractivity contribution in [3.8, 4) is 0 Å². The lowest BCUT2D eigenvalue weighted by atomic mass is 9.85. The first-order valence-corrected chi connectivity index (χ1v) is 5.83. The number of hydrogen-bond acceptors (Lipinski definition) is 2. The molecule has 17 heavy (non-hydrogen) atoms. The maximum Gasteiger partial charge on any atom is 0.392 e. The van der Waals surface area contributed by atoms with E-state index in [1.54, 1.807) is 6.92 Å². The Kier molecular flexibility index (Phi) is 5.02. The van der Waals surface area contributed by atoms with Crippen molar-refractivity contribution in [2.45, 2.75) is 45.2 Å². The van der Waals surface area contributed by atoms with E-state index in [0.29, 0.717) is 32.3 Å². The summed E-state index contributed by atoms with van der Waals surface area (Å²) in [6.45, 7) is 2.10. The van der Waals surface area contributed by atoms with Crippen molar-refractivity contribution >= 4 is 5.97 Å². The van der Waals surface area contributed by atoms with E-state index in [1.807, 2.05) is 0 Å². The molecule has 0 heterocycles. The van der Waals surface area contributed by atoms with Crippen molar-refractivity contribution in [2.75, 3.05) is 6.61 Å². The number of alkyl halides is 3. The monoisotopic (exact) mass is 250 g/mol. The Morgan fingerprint density at radius 2 is 2.00 bits per heavy atom. The molecule has 0 spiro atoms. The molecule has 1 fully saturated rings. The number of halogens is 3. The molecule has 1 aliphatic carbocycles. The molecule has 0 unspecified atom stereocenters. The summed E-state index contributed by atoms with van der Waals surface area (Å²) < 4.78 is 40.9. The summed E-state index contributed by atoms with van der Waals surface area (Å²) in [4.78, 5) is 11.4. The summed E-state index contributed by atoms with van der Waals surface area (Å²) in [6.07, 6.45) is -1.41. The second-order valence-electron chi connectivity index (χ2n) is 4.21. The standard InChI is InChI=1S/C12H17F3O2/c1-2-17-11(16)10-5-3-9(4-6-10)7-8-12(13,14)15/h7,10H,2-6,8H2,1H3. The quantitative estimate of drug-likeness (QED) is 0.565. The largest absolute Gasteiger partial charge is 0.466 e. The highest BCUT2D eigenvalue weighted by Crippen LogP contribution is 2.31. The summed E-state index contributed by atoms with van der Waals surface area (Å²) in [5.41, 5.74) is 0.808. The predicted molar refractivity (Wildman–Crippen MR) is 57.3 cm³/mol. The molecule has 0 aromatic heterocycles. The van der Waals surface area contributed by atoms with E-state index in [9.17, 15) is 18.0 Å². The highest BCUT2D eigenvalue weighted by atomic mass is 19.4. The molecule has 0 radical (unpaired) electrons. The number of allylic oxidation sites excluding steroid dienone is 2. The minimum Gasteiger partial charge on any atom is -0.466 e. The minimum absolute atomic E-state index is 0.141. The number of esters is 1. The highest BCUT2D eigenvalue weighted by molar-refractivity contribution is 5.72. The van der Waals surface area contributed by atoms with Crippen molar-refractivity contribution in [3.63, 3.8) is 0 Å². The van der Waals surface area contributed by atoms with Gasteiger partial charge < -0.3 is 4.74 Å². The molecule has 0 aromatic carbocycles. The van der Waals surface area contributed by atoms with Crippen LogP contribution in [-0.2, 0) is 9.53 Å². The summed E-state index contributed by atoms with van der Waals surface area (Å²) in [5.74, 6) is -0.361. The number of rotatable bonds is 3. The first-order chi connectivity index (χ1) is 7.92. The number of carbonyl (C=O) groups is 1. The van der Waals surface area contributed by atoms with E-state index in [0.717, 1.165) is 5.57 Å². The van der Waals surface area contributed by atoms with E-state index in [4.69, 9.17) is 4.74 Å². The van der Waals surface area contributed by atoms with Crippen LogP contribution in [0, 0.1) is 5.92 Å². The Labute approximate surface area is 98.8 Å². The van der Waals surface area contributed by atoms with Crippen LogP contribution < -0.4 is 0 Å². The third-order valence-corrected chi connectivity index (χ3v) is 2.87. The van der Waals surface area contributed by atoms with Crippen molar-refractivity contribution in [2.24, 2.45) is 5.92 Å². The van der Waals surface area contributed by atoms with Gasteiger partial charge in [-0.2, -0.15) is 13.2 Å². The lowest BCUT2D eigenvalue weighted by Crippen LogP contribution is -2.21. The van der Waals surface area contributed by atoms with Crippen LogP contribution in [0.25, 0.3) is 0 Å². The maximum absolute atomic E-state index is 12.0. The minimum atomic E-state index is -4.13. The first kappa shape index (κ1) is 14.1. The molecule has 0 bridgehead atoms. The van der Waals surface area contributed by atoms with Gasteiger partial charge in [-0.25, -0.2) is 0 Å². The van der Waals surface area contributed by atoms with Crippen molar-refractivity contribution in [1.82, 2.24) is 0 Å². The molecule has 98 valence electrons. The average Bonchev–Trinajstić information content (AvgIpc) is 2.26. The van der Waals surface area contributed by atoms with Gasteiger partial charge in [-0.05, 0) is 32.6 Å². The van der Waals surface area contributed by atoms with Crippen molar-refractivity contribution < 1.29 is 22.7 Å². The predicted octanol–water partition coefficient (Wildman–Crippen LogP) is 3.62. The Bertz CT molecular complexity index is 285. The Balaban J connectivity index is 2.38. The fraction of sp³-hybridized carbons (Fsp3) is 0.750. The maximum atomic E-state index is 12.0. The lowest BCUT2D eigenvalue weighted by molar-refractivity contribution is -0.148. The van der Waals surface area contributed by atoms with Crippen molar-refractivity contribution in [1.29, 1.82) is 0 Å². The van der Waals surface area contributed by atoms with Gasteiger partial charge in [-0.15, -0.1) is 0 Å². The molecule has 0 amide bonds. The molecule has 1 saturated carbocycles. The number of hydrogen-bond donors (Lipinski definition) is 0. The van der Waals surface area contributed by atoms with Gasteiger partial charge in [0.2, 0.25) is 0 Å². The number of ether oxygens (including phenoxy) is 1. The van der Waals surface area contributed by atoms with Crippen LogP contribution in [0.1, 0.15) is 39.0 Å². The topological polar surface area (TPSA) is 26.3 Å². The normalized spacial score (nSPS) is 21.2. The molecule has 1 aliphatic rings. The molecule has 2 nitrogen and oxygen atoms in total. The fourth-order valence-electron chi connectivity index (χ4n) is 1.95. The Morgan fingerprint density at radius 1 is 1.41 bits per heavy atom. The van der Waals surface area contributed by atoms with Gasteiger partial charge in [0.05, 0.1) is 18.9 Å². The van der Waals surface area contributed by atoms with Crippen LogP contribution >= 0.6 is 0 Å². The smallest absolute Gasteiger partial charge is 0.392 e. The fourth-order valence-corrected chi connectivity index (χ4v) is 1.95.